The van der Waals surface area contributed by atoms with Crippen molar-refractivity contribution in [1.82, 2.24) is 0 Å². The average Bonchev–Trinajstić information content (AvgIpc) is 2.72. The van der Waals surface area contributed by atoms with Gasteiger partial charge in [0.1, 0.15) is 5.69 Å². The number of hydrogen-bond donors (Lipinski definition) is 1. The number of carbonyl (C=O) groups is 1. The molecule has 0 spiro atoms. The van der Waals surface area contributed by atoms with Crippen LogP contribution >= 0.6 is 22.6 Å². The Balaban J connectivity index is 2.26. The summed E-state index contributed by atoms with van der Waals surface area (Å²) in [4.78, 5) is 21.5. The molecule has 0 fully saturated rings. The Labute approximate surface area is 193 Å². The Bertz CT molecular complexity index is 1030. The molecule has 0 saturated heterocycles. The van der Waals surface area contributed by atoms with Crippen molar-refractivity contribution in [2.45, 2.75) is 13.1 Å². The summed E-state index contributed by atoms with van der Waals surface area (Å²) in [7, 11) is 1.23. The van der Waals surface area contributed by atoms with Crippen molar-refractivity contribution < 1.29 is 37.1 Å². The van der Waals surface area contributed by atoms with E-state index in [4.69, 9.17) is 9.47 Å². The lowest BCUT2D eigenvalue weighted by Gasteiger charge is -2.14. The molecule has 0 unspecified atom stereocenters. The van der Waals surface area contributed by atoms with Crippen LogP contribution in [0.1, 0.15) is 18.1 Å². The summed E-state index contributed by atoms with van der Waals surface area (Å²) in [5.74, 6) is 0.0721. The van der Waals surface area contributed by atoms with Gasteiger partial charge in [0.15, 0.2) is 18.1 Å². The highest BCUT2D eigenvalue weighted by atomic mass is 127. The zero-order valence-corrected chi connectivity index (χ0v) is 18.9. The Morgan fingerprint density at radius 3 is 2.59 bits per heavy atom. The molecule has 2 rings (SSSR count). The maximum Gasteiger partial charge on any atom is 0.416 e. The Morgan fingerprint density at radius 2 is 2.00 bits per heavy atom. The minimum absolute atomic E-state index is 0.211. The first kappa shape index (κ1) is 25.2. The molecule has 0 bridgehead atoms. The van der Waals surface area contributed by atoms with Crippen LogP contribution in [0.4, 0.5) is 24.5 Å². The van der Waals surface area contributed by atoms with Gasteiger partial charge in [-0.05, 0) is 59.3 Å². The molecular formula is C19H17F3IN3O6. The molecule has 0 heterocycles. The molecule has 172 valence electrons. The topological polar surface area (TPSA) is 112 Å². The van der Waals surface area contributed by atoms with Crippen LogP contribution in [0, 0.1) is 13.7 Å². The molecule has 13 heteroatoms. The highest BCUT2D eigenvalue weighted by Crippen LogP contribution is 2.36. The van der Waals surface area contributed by atoms with E-state index in [0.29, 0.717) is 39.4 Å². The van der Waals surface area contributed by atoms with Gasteiger partial charge in [-0.2, -0.15) is 18.3 Å². The number of nitrogens with zero attached hydrogens (tertiary/aromatic N) is 2. The number of nitro benzene ring substituents is 1. The van der Waals surface area contributed by atoms with Crippen LogP contribution in [0.3, 0.4) is 0 Å². The van der Waals surface area contributed by atoms with Gasteiger partial charge < -0.3 is 14.2 Å². The van der Waals surface area contributed by atoms with Crippen LogP contribution in [-0.2, 0) is 15.7 Å². The summed E-state index contributed by atoms with van der Waals surface area (Å²) in [6.07, 6.45) is -3.41. The number of hydrazone groups is 1. The van der Waals surface area contributed by atoms with Crippen LogP contribution in [0.5, 0.6) is 11.5 Å². The molecule has 1 N–H and O–H groups in total. The number of anilines is 1. The summed E-state index contributed by atoms with van der Waals surface area (Å²) in [6, 6.07) is 5.28. The van der Waals surface area contributed by atoms with Crippen LogP contribution in [0.15, 0.2) is 35.4 Å². The van der Waals surface area contributed by atoms with Crippen molar-refractivity contribution in [3.63, 3.8) is 0 Å². The van der Waals surface area contributed by atoms with Crippen molar-refractivity contribution in [2.75, 3.05) is 25.7 Å². The first-order valence-corrected chi connectivity index (χ1v) is 9.95. The molecule has 0 aliphatic rings. The maximum absolute atomic E-state index is 12.8. The monoisotopic (exact) mass is 567 g/mol. The average molecular weight is 567 g/mol. The van der Waals surface area contributed by atoms with Crippen LogP contribution < -0.4 is 14.9 Å². The van der Waals surface area contributed by atoms with Crippen molar-refractivity contribution in [3.8, 4) is 11.5 Å². The molecule has 0 amide bonds. The molecule has 0 saturated carbocycles. The first-order valence-electron chi connectivity index (χ1n) is 8.87. The second-order valence-corrected chi connectivity index (χ2v) is 7.15. The molecule has 2 aromatic rings. The summed E-state index contributed by atoms with van der Waals surface area (Å²) < 4.78 is 54.5. The number of alkyl halides is 3. The number of hydrogen-bond acceptors (Lipinski definition) is 8. The van der Waals surface area contributed by atoms with Gasteiger partial charge in [-0.3, -0.25) is 15.5 Å². The van der Waals surface area contributed by atoms with Gasteiger partial charge in [0, 0.05) is 6.07 Å². The lowest BCUT2D eigenvalue weighted by Crippen LogP contribution is -2.14. The van der Waals surface area contributed by atoms with E-state index < -0.39 is 28.3 Å². The number of rotatable bonds is 9. The van der Waals surface area contributed by atoms with Gasteiger partial charge in [-0.25, -0.2) is 4.79 Å². The number of nitro groups is 1. The third-order valence-corrected chi connectivity index (χ3v) is 4.62. The smallest absolute Gasteiger partial charge is 0.416 e. The second kappa shape index (κ2) is 11.0. The number of benzene rings is 2. The Kier molecular flexibility index (Phi) is 8.63. The first-order chi connectivity index (χ1) is 15.1. The SMILES string of the molecule is CCOc1cc(/C=N\Nc2ccc(C(F)(F)F)cc2[N+](=O)[O-])cc(I)c1OCC(=O)OC. The fourth-order valence-electron chi connectivity index (χ4n) is 2.39. The van der Waals surface area contributed by atoms with Gasteiger partial charge in [0.25, 0.3) is 5.69 Å². The largest absolute Gasteiger partial charge is 0.490 e. The number of methoxy groups -OCH3 is 1. The molecule has 0 aromatic heterocycles. The van der Waals surface area contributed by atoms with E-state index in [-0.39, 0.29) is 12.3 Å². The summed E-state index contributed by atoms with van der Waals surface area (Å²) in [5.41, 5.74) is 0.762. The highest BCUT2D eigenvalue weighted by molar-refractivity contribution is 14.1. The summed E-state index contributed by atoms with van der Waals surface area (Å²) in [6.45, 7) is 1.74. The van der Waals surface area contributed by atoms with E-state index in [2.05, 4.69) is 15.3 Å². The van der Waals surface area contributed by atoms with Crippen LogP contribution in [-0.4, -0.2) is 37.4 Å². The quantitative estimate of drug-likeness (QED) is 0.155. The molecule has 0 atom stereocenters. The second-order valence-electron chi connectivity index (χ2n) is 5.98. The molecule has 0 aliphatic heterocycles. The summed E-state index contributed by atoms with van der Waals surface area (Å²) in [5, 5.41) is 15.0. The summed E-state index contributed by atoms with van der Waals surface area (Å²) >= 11 is 1.96. The minimum Gasteiger partial charge on any atom is -0.490 e. The van der Waals surface area contributed by atoms with Gasteiger partial charge in [0.2, 0.25) is 0 Å². The van der Waals surface area contributed by atoms with Gasteiger partial charge in [-0.1, -0.05) is 0 Å². The molecule has 2 aromatic carbocycles. The predicted octanol–water partition coefficient (Wildman–Crippen LogP) is 4.61. The molecule has 9 nitrogen and oxygen atoms in total. The van der Waals surface area contributed by atoms with E-state index in [1.807, 2.05) is 22.6 Å². The van der Waals surface area contributed by atoms with Crippen molar-refractivity contribution in [1.29, 1.82) is 0 Å². The Morgan fingerprint density at radius 1 is 1.28 bits per heavy atom. The predicted molar refractivity (Wildman–Crippen MR) is 117 cm³/mol. The molecule has 0 aliphatic carbocycles. The van der Waals surface area contributed by atoms with E-state index in [9.17, 15) is 28.1 Å². The fourth-order valence-corrected chi connectivity index (χ4v) is 3.17. The lowest BCUT2D eigenvalue weighted by molar-refractivity contribution is -0.384. The number of carbonyl (C=O) groups excluding carboxylic acids is 1. The number of nitrogens with one attached hydrogen (secondary N) is 1. The van der Waals surface area contributed by atoms with Gasteiger partial charge >= 0.3 is 12.1 Å². The zero-order valence-electron chi connectivity index (χ0n) is 16.7. The van der Waals surface area contributed by atoms with Gasteiger partial charge in [0.05, 0.1) is 34.0 Å². The molecular weight excluding hydrogens is 550 g/mol. The van der Waals surface area contributed by atoms with E-state index in [1.165, 1.54) is 13.3 Å². The van der Waals surface area contributed by atoms with Crippen molar-refractivity contribution in [2.24, 2.45) is 5.10 Å². The highest BCUT2D eigenvalue weighted by Gasteiger charge is 2.33. The molecule has 0 radical (unpaired) electrons. The number of halogens is 4. The van der Waals surface area contributed by atoms with E-state index in [0.717, 1.165) is 6.07 Å². The number of esters is 1. The van der Waals surface area contributed by atoms with E-state index >= 15 is 0 Å². The fraction of sp³-hybridized carbons (Fsp3) is 0.263. The third-order valence-electron chi connectivity index (χ3n) is 3.81. The lowest BCUT2D eigenvalue weighted by atomic mass is 10.1. The van der Waals surface area contributed by atoms with Crippen LogP contribution in [0.2, 0.25) is 0 Å². The van der Waals surface area contributed by atoms with E-state index in [1.54, 1.807) is 19.1 Å². The minimum atomic E-state index is -4.71. The van der Waals surface area contributed by atoms with Crippen molar-refractivity contribution in [3.05, 3.63) is 55.1 Å². The Hall–Kier alpha value is -3.10. The van der Waals surface area contributed by atoms with Gasteiger partial charge in [-0.15, -0.1) is 0 Å². The van der Waals surface area contributed by atoms with Crippen LogP contribution in [0.25, 0.3) is 0 Å². The maximum atomic E-state index is 12.8. The molecule has 32 heavy (non-hydrogen) atoms. The third kappa shape index (κ3) is 6.70. The normalized spacial score (nSPS) is 11.3. The zero-order chi connectivity index (χ0) is 23.9. The van der Waals surface area contributed by atoms with Crippen molar-refractivity contribution >= 4 is 46.1 Å². The standard InChI is InChI=1S/C19H17F3IN3O6/c1-3-31-16-7-11(6-13(23)18(16)32-10-17(27)30-2)9-24-25-14-5-4-12(19(20,21)22)8-15(14)26(28)29/h4-9,25H,3,10H2,1-2H3/b24-9-. The number of ether oxygens (including phenoxy) is 3.